The maximum Gasteiger partial charge on any atom is 2.00 e. The second kappa shape index (κ2) is 8.45. The van der Waals surface area contributed by atoms with Crippen LogP contribution in [0.4, 0.5) is 0 Å². The summed E-state index contributed by atoms with van der Waals surface area (Å²) in [5, 5.41) is 9.01. The maximum atomic E-state index is 11.0. The molecule has 0 amide bonds. The molecule has 6 heteroatoms. The van der Waals surface area contributed by atoms with E-state index >= 15 is 0 Å². The van der Waals surface area contributed by atoms with Crippen LogP contribution in [0.2, 0.25) is 0 Å². The molecule has 0 aromatic carbocycles. The monoisotopic (exact) mass is 373 g/mol. The summed E-state index contributed by atoms with van der Waals surface area (Å²) in [5.41, 5.74) is 2.99. The number of rotatable bonds is 1. The largest absolute Gasteiger partial charge is 2.00 e. The second-order valence-electron chi connectivity index (χ2n) is 3.84. The van der Waals surface area contributed by atoms with Crippen LogP contribution < -0.4 is 34.0 Å². The van der Waals surface area contributed by atoms with Crippen molar-refractivity contribution in [3.8, 4) is 0 Å². The van der Waals surface area contributed by atoms with Crippen molar-refractivity contribution in [3.05, 3.63) is 29.1 Å². The van der Waals surface area contributed by atoms with E-state index in [0.717, 1.165) is 36.1 Å². The van der Waals surface area contributed by atoms with Gasteiger partial charge in [0, 0.05) is 6.20 Å². The average Bonchev–Trinajstić information content (AvgIpc) is 2.16. The van der Waals surface area contributed by atoms with Crippen LogP contribution >= 0.6 is 0 Å². The van der Waals surface area contributed by atoms with Crippen molar-refractivity contribution in [2.75, 3.05) is 0 Å². The van der Waals surface area contributed by atoms with Gasteiger partial charge in [-0.25, -0.2) is 0 Å². The van der Waals surface area contributed by atoms with Gasteiger partial charge in [-0.2, -0.15) is 0 Å². The molecule has 0 bridgehead atoms. The van der Waals surface area contributed by atoms with Gasteiger partial charge in [-0.05, 0) is 37.3 Å². The summed E-state index contributed by atoms with van der Waals surface area (Å²) >= 11 is 0. The number of hydrogen-bond donors (Lipinski definition) is 1. The van der Waals surface area contributed by atoms with E-state index in [4.69, 9.17) is 5.11 Å². The molecular weight excluding hydrogens is 362 g/mol. The van der Waals surface area contributed by atoms with Gasteiger partial charge in [-0.15, -0.1) is 0 Å². The SMILES string of the molecule is Cc1cnc2c(c1)CCCC2C(=O)O.[Br-].[Br-].[Mg+2]. The third kappa shape index (κ3) is 4.50. The summed E-state index contributed by atoms with van der Waals surface area (Å²) in [6.45, 7) is 1.98. The quantitative estimate of drug-likeness (QED) is 0.504. The Balaban J connectivity index is 0. The van der Waals surface area contributed by atoms with Crippen LogP contribution in [0.3, 0.4) is 0 Å². The van der Waals surface area contributed by atoms with Gasteiger partial charge in [-0.1, -0.05) is 6.07 Å². The molecular formula is C11H13Br2MgNO2. The van der Waals surface area contributed by atoms with Crippen molar-refractivity contribution in [3.63, 3.8) is 0 Å². The molecule has 1 aromatic heterocycles. The number of halogens is 2. The molecule has 17 heavy (non-hydrogen) atoms. The van der Waals surface area contributed by atoms with E-state index in [1.165, 1.54) is 0 Å². The molecule has 0 radical (unpaired) electrons. The van der Waals surface area contributed by atoms with Crippen molar-refractivity contribution < 1.29 is 43.9 Å². The van der Waals surface area contributed by atoms with E-state index in [2.05, 4.69) is 11.1 Å². The number of hydrogen-bond acceptors (Lipinski definition) is 2. The van der Waals surface area contributed by atoms with Crippen molar-refractivity contribution in [2.24, 2.45) is 0 Å². The first-order valence-corrected chi connectivity index (χ1v) is 4.86. The molecule has 2 rings (SSSR count). The first-order chi connectivity index (χ1) is 6.68. The van der Waals surface area contributed by atoms with Gasteiger partial charge in [-0.3, -0.25) is 9.78 Å². The van der Waals surface area contributed by atoms with Gasteiger partial charge < -0.3 is 39.1 Å². The fourth-order valence-electron chi connectivity index (χ4n) is 2.03. The fourth-order valence-corrected chi connectivity index (χ4v) is 2.03. The molecule has 0 saturated heterocycles. The average molecular weight is 375 g/mol. The molecule has 1 atom stereocenters. The fraction of sp³-hybridized carbons (Fsp3) is 0.455. The van der Waals surface area contributed by atoms with Crippen LogP contribution in [0.25, 0.3) is 0 Å². The van der Waals surface area contributed by atoms with E-state index < -0.39 is 5.97 Å². The number of carboxylic acid groups (broad SMARTS) is 1. The predicted molar refractivity (Wildman–Crippen MR) is 58.0 cm³/mol. The van der Waals surface area contributed by atoms with Crippen LogP contribution in [-0.2, 0) is 11.2 Å². The second-order valence-corrected chi connectivity index (χ2v) is 3.84. The smallest absolute Gasteiger partial charge is 1.00 e. The number of aromatic nitrogens is 1. The minimum atomic E-state index is -0.748. The van der Waals surface area contributed by atoms with Crippen molar-refractivity contribution in [1.29, 1.82) is 0 Å². The summed E-state index contributed by atoms with van der Waals surface area (Å²) in [5.74, 6) is -1.14. The zero-order chi connectivity index (χ0) is 10.1. The van der Waals surface area contributed by atoms with Crippen LogP contribution in [0.5, 0.6) is 0 Å². The number of carboxylic acids is 1. The summed E-state index contributed by atoms with van der Waals surface area (Å²) < 4.78 is 0. The Morgan fingerprint density at radius 2 is 2.12 bits per heavy atom. The van der Waals surface area contributed by atoms with E-state index in [-0.39, 0.29) is 62.9 Å². The molecule has 1 N–H and O–H groups in total. The topological polar surface area (TPSA) is 50.2 Å². The van der Waals surface area contributed by atoms with Crippen molar-refractivity contribution >= 4 is 29.0 Å². The Kier molecular flexibility index (Phi) is 9.78. The minimum absolute atomic E-state index is 0. The Bertz CT molecular complexity index is 388. The molecule has 0 fully saturated rings. The van der Waals surface area contributed by atoms with Gasteiger partial charge in [0.05, 0.1) is 11.6 Å². The third-order valence-electron chi connectivity index (χ3n) is 2.71. The van der Waals surface area contributed by atoms with Crippen LogP contribution in [0.1, 0.15) is 35.6 Å². The summed E-state index contributed by atoms with van der Waals surface area (Å²) in [7, 11) is 0. The third-order valence-corrected chi connectivity index (χ3v) is 2.71. The van der Waals surface area contributed by atoms with E-state index in [0.29, 0.717) is 0 Å². The molecule has 3 nitrogen and oxygen atoms in total. The van der Waals surface area contributed by atoms with E-state index in [9.17, 15) is 4.79 Å². The maximum absolute atomic E-state index is 11.0. The normalized spacial score (nSPS) is 16.6. The Morgan fingerprint density at radius 1 is 1.47 bits per heavy atom. The van der Waals surface area contributed by atoms with Crippen LogP contribution in [0, 0.1) is 6.92 Å². The molecule has 0 spiro atoms. The minimum Gasteiger partial charge on any atom is -1.00 e. The molecule has 1 aromatic rings. The Hall–Kier alpha value is 0.346. The molecule has 90 valence electrons. The van der Waals surface area contributed by atoms with Crippen LogP contribution in [0.15, 0.2) is 12.3 Å². The van der Waals surface area contributed by atoms with Gasteiger partial charge in [0.15, 0.2) is 0 Å². The Labute approximate surface area is 138 Å². The summed E-state index contributed by atoms with van der Waals surface area (Å²) in [6.07, 6.45) is 4.39. The number of fused-ring (bicyclic) bond motifs is 1. The van der Waals surface area contributed by atoms with Crippen molar-refractivity contribution in [2.45, 2.75) is 32.1 Å². The molecule has 1 aliphatic carbocycles. The number of aliphatic carboxylic acids is 1. The molecule has 1 heterocycles. The summed E-state index contributed by atoms with van der Waals surface area (Å²) in [4.78, 5) is 15.2. The predicted octanol–water partition coefficient (Wildman–Crippen LogP) is -4.48. The molecule has 0 aliphatic heterocycles. The number of nitrogens with zero attached hydrogens (tertiary/aromatic N) is 1. The molecule has 1 unspecified atom stereocenters. The Morgan fingerprint density at radius 3 is 2.71 bits per heavy atom. The molecule has 0 saturated carbocycles. The standard InChI is InChI=1S/C11H13NO2.2BrH.Mg/c1-7-5-8-3-2-4-9(11(13)14)10(8)12-6-7;;;/h5-6,9H,2-4H2,1H3,(H,13,14);2*1H;/q;;;+2/p-2. The van der Waals surface area contributed by atoms with Gasteiger partial charge in [0.2, 0.25) is 0 Å². The molecule has 1 aliphatic rings. The van der Waals surface area contributed by atoms with Crippen molar-refractivity contribution in [1.82, 2.24) is 4.98 Å². The van der Waals surface area contributed by atoms with E-state index in [1.54, 1.807) is 6.20 Å². The van der Waals surface area contributed by atoms with E-state index in [1.807, 2.05) is 6.92 Å². The van der Waals surface area contributed by atoms with Crippen LogP contribution in [-0.4, -0.2) is 39.1 Å². The van der Waals surface area contributed by atoms with Gasteiger partial charge >= 0.3 is 29.0 Å². The summed E-state index contributed by atoms with van der Waals surface area (Å²) in [6, 6.07) is 2.05. The first-order valence-electron chi connectivity index (χ1n) is 4.86. The number of aryl methyl sites for hydroxylation is 2. The zero-order valence-electron chi connectivity index (χ0n) is 9.62. The number of carbonyl (C=O) groups is 1. The number of pyridine rings is 1. The van der Waals surface area contributed by atoms with Gasteiger partial charge in [0.1, 0.15) is 0 Å². The first kappa shape index (κ1) is 19.7. The van der Waals surface area contributed by atoms with Gasteiger partial charge in [0.25, 0.3) is 0 Å². The zero-order valence-corrected chi connectivity index (χ0v) is 14.2.